The second-order valence-corrected chi connectivity index (χ2v) is 15.3. The first kappa shape index (κ1) is 44.4. The molecule has 1 heterocycles. The van der Waals surface area contributed by atoms with Crippen molar-refractivity contribution in [3.05, 3.63) is 0 Å². The average molecular weight is 723 g/mol. The molecule has 1 aliphatic carbocycles. The zero-order chi connectivity index (χ0) is 38.0. The Bertz CT molecular complexity index is 1100. The van der Waals surface area contributed by atoms with Crippen molar-refractivity contribution in [3.8, 4) is 0 Å². The summed E-state index contributed by atoms with van der Waals surface area (Å²) in [5.74, 6) is -2.80. The van der Waals surface area contributed by atoms with Crippen LogP contribution in [0.25, 0.3) is 0 Å². The summed E-state index contributed by atoms with van der Waals surface area (Å²) in [7, 11) is 1.61. The molecule has 14 nitrogen and oxygen atoms in total. The number of unbranched alkanes of at least 4 members (excludes halogenated alkanes) is 3. The van der Waals surface area contributed by atoms with Gasteiger partial charge in [0.1, 0.15) is 18.1 Å². The lowest BCUT2D eigenvalue weighted by molar-refractivity contribution is -0.157. The normalized spacial score (nSPS) is 28.9. The minimum atomic E-state index is -1.15. The van der Waals surface area contributed by atoms with Gasteiger partial charge in [-0.05, 0) is 44.4 Å². The molecule has 1 aliphatic heterocycles. The van der Waals surface area contributed by atoms with Gasteiger partial charge in [-0.1, -0.05) is 79.1 Å². The average Bonchev–Trinajstić information content (AvgIpc) is 3.38. The molecule has 51 heavy (non-hydrogen) atoms. The van der Waals surface area contributed by atoms with Crippen molar-refractivity contribution >= 4 is 29.5 Å². The van der Waals surface area contributed by atoms with E-state index in [2.05, 4.69) is 47.4 Å². The molecule has 5 amide bonds. The molecular weight excluding hydrogens is 652 g/mol. The molecular formula is C37H70N8O6. The van der Waals surface area contributed by atoms with E-state index in [1.165, 1.54) is 4.90 Å². The lowest BCUT2D eigenvalue weighted by Gasteiger charge is -2.42. The summed E-state index contributed by atoms with van der Waals surface area (Å²) in [5.41, 5.74) is 10.8. The monoisotopic (exact) mass is 723 g/mol. The molecule has 14 heteroatoms. The van der Waals surface area contributed by atoms with E-state index in [1.54, 1.807) is 7.05 Å². The fourth-order valence-corrected chi connectivity index (χ4v) is 7.40. The topological polar surface area (TPSA) is 210 Å². The van der Waals surface area contributed by atoms with Gasteiger partial charge >= 0.3 is 0 Å². The Balaban J connectivity index is 2.56. The van der Waals surface area contributed by atoms with Crippen LogP contribution in [0.15, 0.2) is 0 Å². The zero-order valence-corrected chi connectivity index (χ0v) is 32.3. The highest BCUT2D eigenvalue weighted by atomic mass is 16.5. The number of hydrogen-bond donors (Lipinski definition) is 7. The molecule has 2 aliphatic rings. The van der Waals surface area contributed by atoms with Gasteiger partial charge in [-0.3, -0.25) is 24.0 Å². The number of ether oxygens (including phenoxy) is 1. The molecule has 1 saturated carbocycles. The van der Waals surface area contributed by atoms with E-state index >= 15 is 0 Å². The van der Waals surface area contributed by atoms with Crippen LogP contribution in [0.5, 0.6) is 0 Å². The van der Waals surface area contributed by atoms with E-state index in [-0.39, 0.29) is 44.0 Å². The first-order valence-electron chi connectivity index (χ1n) is 19.5. The minimum absolute atomic E-state index is 0.0981. The second kappa shape index (κ2) is 23.0. The van der Waals surface area contributed by atoms with Gasteiger partial charge < -0.3 is 47.7 Å². The van der Waals surface area contributed by atoms with E-state index in [0.29, 0.717) is 25.9 Å². The Hall–Kier alpha value is -2.81. The number of carbonyl (C=O) groups is 5. The van der Waals surface area contributed by atoms with Gasteiger partial charge in [0.25, 0.3) is 0 Å². The van der Waals surface area contributed by atoms with Crippen LogP contribution in [0.3, 0.4) is 0 Å². The van der Waals surface area contributed by atoms with Gasteiger partial charge in [0.15, 0.2) is 0 Å². The third-order valence-electron chi connectivity index (χ3n) is 10.3. The maximum absolute atomic E-state index is 14.2. The van der Waals surface area contributed by atoms with E-state index in [0.717, 1.165) is 64.2 Å². The van der Waals surface area contributed by atoms with Crippen LogP contribution in [-0.4, -0.2) is 111 Å². The number of carbonyl (C=O) groups excluding carboxylic acids is 5. The molecule has 2 fully saturated rings. The quantitative estimate of drug-likeness (QED) is 0.108. The molecule has 2 rings (SSSR count). The summed E-state index contributed by atoms with van der Waals surface area (Å²) in [6.45, 7) is 10.6. The molecule has 0 aromatic carbocycles. The smallest absolute Gasteiger partial charge is 0.244 e. The summed E-state index contributed by atoms with van der Waals surface area (Å²) in [4.78, 5) is 70.3. The van der Waals surface area contributed by atoms with Crippen molar-refractivity contribution in [2.24, 2.45) is 29.2 Å². The summed E-state index contributed by atoms with van der Waals surface area (Å²) < 4.78 is 6.76. The first-order valence-corrected chi connectivity index (χ1v) is 19.5. The Morgan fingerprint density at radius 1 is 0.882 bits per heavy atom. The Morgan fingerprint density at radius 2 is 1.53 bits per heavy atom. The summed E-state index contributed by atoms with van der Waals surface area (Å²) in [5, 5.41) is 14.5. The van der Waals surface area contributed by atoms with Crippen molar-refractivity contribution in [2.45, 2.75) is 141 Å². The van der Waals surface area contributed by atoms with E-state index in [9.17, 15) is 24.0 Å². The number of nitrogens with two attached hydrogens (primary N) is 2. The standard InChI is InChI=1S/C37H70N8O6/c1-7-8-9-14-17-37(20-25(2)3)27(5)36(50)45(6)23-31(46)44-32(28-15-12-10-11-13-16-28)35(49)42-29(21-39)33(47)43-30(22-40-19-18-38)34(48)41-26(4)24-51-37/h25-30,32,40H,7-24,38-39H2,1-6H3,(H,41,48)(H,42,49)(H,43,47)(H,44,46)/t26-,27+,29+,30+,32+,37-/m1/s1. The van der Waals surface area contributed by atoms with Crippen molar-refractivity contribution in [1.82, 2.24) is 31.5 Å². The molecule has 0 unspecified atom stereocenters. The number of nitrogens with zero attached hydrogens (tertiary/aromatic N) is 1. The summed E-state index contributed by atoms with van der Waals surface area (Å²) in [6, 6.07) is -3.54. The predicted octanol–water partition coefficient (Wildman–Crippen LogP) is 1.30. The minimum Gasteiger partial charge on any atom is -0.372 e. The van der Waals surface area contributed by atoms with Gasteiger partial charge in [-0.15, -0.1) is 0 Å². The van der Waals surface area contributed by atoms with Gasteiger partial charge in [-0.2, -0.15) is 0 Å². The molecule has 0 bridgehead atoms. The highest BCUT2D eigenvalue weighted by molar-refractivity contribution is 5.95. The fourth-order valence-electron chi connectivity index (χ4n) is 7.40. The number of likely N-dealkylation sites (N-methyl/N-ethyl adjacent to an activating group) is 1. The molecule has 0 spiro atoms. The van der Waals surface area contributed by atoms with Crippen molar-refractivity contribution < 1.29 is 28.7 Å². The maximum atomic E-state index is 14.2. The lowest BCUT2D eigenvalue weighted by Crippen LogP contribution is -2.61. The molecule has 6 atom stereocenters. The third kappa shape index (κ3) is 14.6. The van der Waals surface area contributed by atoms with Crippen LogP contribution >= 0.6 is 0 Å². The summed E-state index contributed by atoms with van der Waals surface area (Å²) >= 11 is 0. The van der Waals surface area contributed by atoms with Gasteiger partial charge in [0.2, 0.25) is 29.5 Å². The molecule has 0 aromatic heterocycles. The highest BCUT2D eigenvalue weighted by Gasteiger charge is 2.43. The third-order valence-corrected chi connectivity index (χ3v) is 10.3. The number of amides is 5. The highest BCUT2D eigenvalue weighted by Crippen LogP contribution is 2.36. The number of hydrogen-bond acceptors (Lipinski definition) is 9. The molecule has 1 saturated heterocycles. The number of nitrogens with one attached hydrogen (secondary N) is 5. The predicted molar refractivity (Wildman–Crippen MR) is 199 cm³/mol. The lowest BCUT2D eigenvalue weighted by atomic mass is 9.77. The molecule has 0 radical (unpaired) electrons. The van der Waals surface area contributed by atoms with E-state index in [4.69, 9.17) is 16.2 Å². The second-order valence-electron chi connectivity index (χ2n) is 15.3. The SMILES string of the molecule is CCCCCC[C@]1(CC(C)C)OC[C@@H](C)NC(=O)[C@H](CNCCN)NC(=O)[C@H](CN)NC(=O)[C@H](C2CCCCCC2)NC(=O)CN(C)C(=O)[C@@H]1C. The van der Waals surface area contributed by atoms with Crippen LogP contribution < -0.4 is 38.1 Å². The van der Waals surface area contributed by atoms with Crippen LogP contribution in [0.1, 0.15) is 112 Å². The van der Waals surface area contributed by atoms with Gasteiger partial charge in [-0.25, -0.2) is 0 Å². The maximum Gasteiger partial charge on any atom is 0.244 e. The first-order chi connectivity index (χ1) is 24.3. The van der Waals surface area contributed by atoms with Crippen LogP contribution in [0.2, 0.25) is 0 Å². The largest absolute Gasteiger partial charge is 0.372 e. The number of rotatable bonds is 13. The van der Waals surface area contributed by atoms with Crippen LogP contribution in [-0.2, 0) is 28.7 Å². The van der Waals surface area contributed by atoms with Crippen molar-refractivity contribution in [1.29, 1.82) is 0 Å². The van der Waals surface area contributed by atoms with Crippen molar-refractivity contribution in [3.63, 3.8) is 0 Å². The molecule has 9 N–H and O–H groups in total. The van der Waals surface area contributed by atoms with E-state index in [1.807, 2.05) is 13.8 Å². The van der Waals surface area contributed by atoms with Crippen LogP contribution in [0.4, 0.5) is 0 Å². The van der Waals surface area contributed by atoms with E-state index < -0.39 is 59.3 Å². The fraction of sp³-hybridized carbons (Fsp3) is 0.865. The Morgan fingerprint density at radius 3 is 2.14 bits per heavy atom. The summed E-state index contributed by atoms with van der Waals surface area (Å²) in [6.07, 6.45) is 10.7. The zero-order valence-electron chi connectivity index (χ0n) is 32.3. The Kier molecular flexibility index (Phi) is 20.0. The van der Waals surface area contributed by atoms with Gasteiger partial charge in [0.05, 0.1) is 24.7 Å². The van der Waals surface area contributed by atoms with Crippen LogP contribution in [0, 0.1) is 17.8 Å². The molecule has 294 valence electrons. The molecule has 0 aromatic rings. The van der Waals surface area contributed by atoms with Gasteiger partial charge in [0, 0.05) is 39.3 Å². The Labute approximate surface area is 306 Å². The van der Waals surface area contributed by atoms with Crippen molar-refractivity contribution in [2.75, 3.05) is 46.4 Å².